The molecule has 0 spiro atoms. The van der Waals surface area contributed by atoms with Crippen molar-refractivity contribution in [3.63, 3.8) is 0 Å². The van der Waals surface area contributed by atoms with Crippen molar-refractivity contribution in [1.29, 1.82) is 0 Å². The van der Waals surface area contributed by atoms with E-state index in [4.69, 9.17) is 11.6 Å². The van der Waals surface area contributed by atoms with Crippen molar-refractivity contribution < 1.29 is 0 Å². The number of hydrogen-bond acceptors (Lipinski definition) is 2. The molecule has 0 radical (unpaired) electrons. The van der Waals surface area contributed by atoms with Crippen LogP contribution in [0, 0.1) is 0 Å². The van der Waals surface area contributed by atoms with E-state index in [1.807, 2.05) is 0 Å². The molecular formula is C12H22ClN3. The van der Waals surface area contributed by atoms with Gasteiger partial charge in [0, 0.05) is 12.5 Å². The third kappa shape index (κ3) is 3.48. The molecule has 0 fully saturated rings. The highest BCUT2D eigenvalue weighted by Gasteiger charge is 2.14. The second-order valence-corrected chi connectivity index (χ2v) is 4.69. The molecule has 1 unspecified atom stereocenters. The average molecular weight is 244 g/mol. The molecule has 0 N–H and O–H groups in total. The predicted octanol–water partition coefficient (Wildman–Crippen LogP) is 4.03. The van der Waals surface area contributed by atoms with Gasteiger partial charge in [-0.25, -0.2) is 0 Å². The van der Waals surface area contributed by atoms with Crippen LogP contribution in [-0.2, 0) is 6.42 Å². The van der Waals surface area contributed by atoms with Crippen molar-refractivity contribution in [2.24, 2.45) is 0 Å². The maximum absolute atomic E-state index is 6.08. The Bertz CT molecular complexity index is 309. The number of hydrogen-bond donors (Lipinski definition) is 0. The summed E-state index contributed by atoms with van der Waals surface area (Å²) >= 11 is 6.08. The largest absolute Gasteiger partial charge is 0.299 e. The maximum Gasteiger partial charge on any atom is 0.225 e. The minimum absolute atomic E-state index is 0.413. The molecule has 0 bridgehead atoms. The van der Waals surface area contributed by atoms with Gasteiger partial charge < -0.3 is 0 Å². The standard InChI is InChI=1S/C12H22ClN3/c1-4-6-7-9-10(3)16-11(8-5-2)14-15-12(16)13/h10H,4-9H2,1-3H3. The highest BCUT2D eigenvalue weighted by Crippen LogP contribution is 2.22. The Labute approximate surface area is 103 Å². The second kappa shape index (κ2) is 6.89. The lowest BCUT2D eigenvalue weighted by Crippen LogP contribution is -2.09. The van der Waals surface area contributed by atoms with Gasteiger partial charge in [-0.05, 0) is 31.4 Å². The van der Waals surface area contributed by atoms with Gasteiger partial charge in [0.15, 0.2) is 0 Å². The van der Waals surface area contributed by atoms with Gasteiger partial charge >= 0.3 is 0 Å². The molecule has 1 heterocycles. The maximum atomic E-state index is 6.08. The van der Waals surface area contributed by atoms with Gasteiger partial charge in [0.25, 0.3) is 0 Å². The Balaban J connectivity index is 2.65. The fraction of sp³-hybridized carbons (Fsp3) is 0.833. The number of aromatic nitrogens is 3. The molecule has 0 aliphatic carbocycles. The number of rotatable bonds is 7. The van der Waals surface area contributed by atoms with Crippen LogP contribution in [-0.4, -0.2) is 14.8 Å². The molecule has 1 aromatic heterocycles. The van der Waals surface area contributed by atoms with Crippen molar-refractivity contribution in [2.45, 2.75) is 65.3 Å². The number of halogens is 1. The van der Waals surface area contributed by atoms with E-state index in [9.17, 15) is 0 Å². The minimum Gasteiger partial charge on any atom is -0.299 e. The Morgan fingerprint density at radius 2 is 1.94 bits per heavy atom. The van der Waals surface area contributed by atoms with Crippen LogP contribution in [0.25, 0.3) is 0 Å². The molecule has 1 atom stereocenters. The van der Waals surface area contributed by atoms with Crippen molar-refractivity contribution in [3.05, 3.63) is 11.1 Å². The summed E-state index contributed by atoms with van der Waals surface area (Å²) in [4.78, 5) is 0. The first-order chi connectivity index (χ1) is 7.70. The molecule has 0 amide bonds. The summed E-state index contributed by atoms with van der Waals surface area (Å²) in [5.74, 6) is 1.02. The van der Waals surface area contributed by atoms with Crippen molar-refractivity contribution in [1.82, 2.24) is 14.8 Å². The Hall–Kier alpha value is -0.570. The molecule has 1 aromatic rings. The summed E-state index contributed by atoms with van der Waals surface area (Å²) in [7, 11) is 0. The summed E-state index contributed by atoms with van der Waals surface area (Å²) in [6.07, 6.45) is 6.98. The van der Waals surface area contributed by atoms with Crippen molar-refractivity contribution in [3.8, 4) is 0 Å². The summed E-state index contributed by atoms with van der Waals surface area (Å²) in [6.45, 7) is 6.57. The molecule has 16 heavy (non-hydrogen) atoms. The summed E-state index contributed by atoms with van der Waals surface area (Å²) in [5.41, 5.74) is 0. The summed E-state index contributed by atoms with van der Waals surface area (Å²) in [6, 6.07) is 0.413. The number of nitrogens with zero attached hydrogens (tertiary/aromatic N) is 3. The fourth-order valence-corrected chi connectivity index (χ4v) is 2.25. The summed E-state index contributed by atoms with van der Waals surface area (Å²) in [5, 5.41) is 8.63. The third-order valence-corrected chi connectivity index (χ3v) is 3.12. The van der Waals surface area contributed by atoms with E-state index in [-0.39, 0.29) is 0 Å². The van der Waals surface area contributed by atoms with Crippen LogP contribution < -0.4 is 0 Å². The third-order valence-electron chi connectivity index (χ3n) is 2.86. The molecule has 0 saturated carbocycles. The molecule has 0 aromatic carbocycles. The van der Waals surface area contributed by atoms with Crippen LogP contribution >= 0.6 is 11.6 Å². The van der Waals surface area contributed by atoms with Crippen LogP contribution in [0.15, 0.2) is 0 Å². The van der Waals surface area contributed by atoms with E-state index < -0.39 is 0 Å². The van der Waals surface area contributed by atoms with Gasteiger partial charge in [0.05, 0.1) is 0 Å². The highest BCUT2D eigenvalue weighted by atomic mass is 35.5. The number of unbranched alkanes of at least 4 members (excludes halogenated alkanes) is 2. The van der Waals surface area contributed by atoms with Gasteiger partial charge in [-0.2, -0.15) is 0 Å². The van der Waals surface area contributed by atoms with Gasteiger partial charge in [0.2, 0.25) is 5.28 Å². The van der Waals surface area contributed by atoms with Gasteiger partial charge in [-0.15, -0.1) is 10.2 Å². The van der Waals surface area contributed by atoms with E-state index in [0.29, 0.717) is 11.3 Å². The monoisotopic (exact) mass is 243 g/mol. The Kier molecular flexibility index (Phi) is 5.81. The molecule has 0 saturated heterocycles. The van der Waals surface area contributed by atoms with Gasteiger partial charge in [-0.1, -0.05) is 33.1 Å². The van der Waals surface area contributed by atoms with Crippen LogP contribution in [0.5, 0.6) is 0 Å². The molecule has 92 valence electrons. The molecule has 4 heteroatoms. The molecule has 3 nitrogen and oxygen atoms in total. The zero-order valence-electron chi connectivity index (χ0n) is 10.5. The van der Waals surface area contributed by atoms with Crippen molar-refractivity contribution in [2.75, 3.05) is 0 Å². The molecular weight excluding hydrogens is 222 g/mol. The lowest BCUT2D eigenvalue weighted by molar-refractivity contribution is 0.461. The zero-order chi connectivity index (χ0) is 12.0. The first-order valence-corrected chi connectivity index (χ1v) is 6.67. The van der Waals surface area contributed by atoms with E-state index in [0.717, 1.165) is 25.1 Å². The van der Waals surface area contributed by atoms with E-state index in [1.165, 1.54) is 19.3 Å². The fourth-order valence-electron chi connectivity index (χ4n) is 1.95. The van der Waals surface area contributed by atoms with Crippen molar-refractivity contribution >= 4 is 11.6 Å². The Morgan fingerprint density at radius 1 is 1.19 bits per heavy atom. The minimum atomic E-state index is 0.413. The molecule has 0 aliphatic heterocycles. The lowest BCUT2D eigenvalue weighted by Gasteiger charge is -2.15. The van der Waals surface area contributed by atoms with E-state index in [2.05, 4.69) is 35.5 Å². The van der Waals surface area contributed by atoms with Crippen LogP contribution in [0.3, 0.4) is 0 Å². The van der Waals surface area contributed by atoms with Gasteiger partial charge in [-0.3, -0.25) is 4.57 Å². The highest BCUT2D eigenvalue weighted by molar-refractivity contribution is 6.28. The van der Waals surface area contributed by atoms with E-state index in [1.54, 1.807) is 0 Å². The van der Waals surface area contributed by atoms with Gasteiger partial charge in [0.1, 0.15) is 5.82 Å². The quantitative estimate of drug-likeness (QED) is 0.677. The predicted molar refractivity (Wildman–Crippen MR) is 67.9 cm³/mol. The zero-order valence-corrected chi connectivity index (χ0v) is 11.3. The van der Waals surface area contributed by atoms with Crippen LogP contribution in [0.1, 0.15) is 64.7 Å². The second-order valence-electron chi connectivity index (χ2n) is 4.35. The van der Waals surface area contributed by atoms with Crippen LogP contribution in [0.2, 0.25) is 5.28 Å². The normalized spacial score (nSPS) is 13.0. The summed E-state index contributed by atoms with van der Waals surface area (Å²) < 4.78 is 2.08. The molecule has 0 aliphatic rings. The Morgan fingerprint density at radius 3 is 2.56 bits per heavy atom. The first-order valence-electron chi connectivity index (χ1n) is 6.29. The lowest BCUT2D eigenvalue weighted by atomic mass is 10.1. The average Bonchev–Trinajstić information content (AvgIpc) is 2.61. The topological polar surface area (TPSA) is 30.7 Å². The molecule has 1 rings (SSSR count). The number of aryl methyl sites for hydroxylation is 1. The van der Waals surface area contributed by atoms with Crippen LogP contribution in [0.4, 0.5) is 0 Å². The smallest absolute Gasteiger partial charge is 0.225 e. The SMILES string of the molecule is CCCCCC(C)n1c(Cl)nnc1CCC. The first kappa shape index (κ1) is 13.5. The van der Waals surface area contributed by atoms with E-state index >= 15 is 0 Å².